The first-order valence-electron chi connectivity index (χ1n) is 6.66. The molecule has 10 heteroatoms. The fourth-order valence-corrected chi connectivity index (χ4v) is 5.96. The van der Waals surface area contributed by atoms with Crippen LogP contribution in [0.4, 0.5) is 17.6 Å². The Balaban J connectivity index is 2.56. The lowest BCUT2D eigenvalue weighted by Gasteiger charge is -2.31. The Morgan fingerprint density at radius 2 is 1.75 bits per heavy atom. The lowest BCUT2D eigenvalue weighted by molar-refractivity contribution is -0.173. The van der Waals surface area contributed by atoms with Gasteiger partial charge in [0.25, 0.3) is 10.0 Å². The van der Waals surface area contributed by atoms with Crippen LogP contribution in [0.5, 0.6) is 0 Å². The molecule has 0 amide bonds. The van der Waals surface area contributed by atoms with Gasteiger partial charge in [0.15, 0.2) is 0 Å². The van der Waals surface area contributed by atoms with Crippen LogP contribution in [-0.4, -0.2) is 25.4 Å². The van der Waals surface area contributed by atoms with Gasteiger partial charge in [-0.25, -0.2) is 12.8 Å². The molecular formula is C14H12BrF4NO2S2. The van der Waals surface area contributed by atoms with Crippen molar-refractivity contribution in [3.8, 4) is 0 Å². The van der Waals surface area contributed by atoms with E-state index in [4.69, 9.17) is 0 Å². The predicted octanol–water partition coefficient (Wildman–Crippen LogP) is 4.96. The zero-order chi connectivity index (χ0) is 18.1. The van der Waals surface area contributed by atoms with Crippen molar-refractivity contribution in [1.82, 2.24) is 4.31 Å². The van der Waals surface area contributed by atoms with Crippen LogP contribution in [0.15, 0.2) is 44.4 Å². The van der Waals surface area contributed by atoms with Gasteiger partial charge in [0, 0.05) is 6.54 Å². The molecule has 0 bridgehead atoms. The second-order valence-corrected chi connectivity index (χ2v) is 9.34. The largest absolute Gasteiger partial charge is 0.409 e. The molecule has 0 aliphatic heterocycles. The maximum absolute atomic E-state index is 13.6. The molecule has 1 aromatic carbocycles. The molecule has 0 saturated carbocycles. The maximum atomic E-state index is 13.6. The van der Waals surface area contributed by atoms with Gasteiger partial charge in [0.05, 0.1) is 3.79 Å². The van der Waals surface area contributed by atoms with Crippen LogP contribution in [0.1, 0.15) is 18.5 Å². The number of alkyl halides is 3. The van der Waals surface area contributed by atoms with E-state index in [0.29, 0.717) is 8.09 Å². The lowest BCUT2D eigenvalue weighted by atomic mass is 10.1. The van der Waals surface area contributed by atoms with Crippen LogP contribution in [-0.2, 0) is 10.0 Å². The van der Waals surface area contributed by atoms with E-state index in [0.717, 1.165) is 35.6 Å². The number of hydrogen-bond acceptors (Lipinski definition) is 3. The Morgan fingerprint density at radius 1 is 1.17 bits per heavy atom. The van der Waals surface area contributed by atoms with E-state index in [9.17, 15) is 26.0 Å². The highest BCUT2D eigenvalue weighted by atomic mass is 79.9. The van der Waals surface area contributed by atoms with Crippen LogP contribution in [0.25, 0.3) is 0 Å². The van der Waals surface area contributed by atoms with Crippen molar-refractivity contribution in [3.63, 3.8) is 0 Å². The first kappa shape index (κ1) is 19.4. The predicted molar refractivity (Wildman–Crippen MR) is 86.8 cm³/mol. The summed E-state index contributed by atoms with van der Waals surface area (Å²) in [6, 6.07) is 3.92. The van der Waals surface area contributed by atoms with Crippen molar-refractivity contribution >= 4 is 37.3 Å². The fraction of sp³-hybridized carbons (Fsp3) is 0.286. The first-order valence-corrected chi connectivity index (χ1v) is 9.71. The summed E-state index contributed by atoms with van der Waals surface area (Å²) in [5.74, 6) is -0.701. The van der Waals surface area contributed by atoms with E-state index < -0.39 is 28.1 Å². The highest BCUT2D eigenvalue weighted by Crippen LogP contribution is 2.41. The Hall–Kier alpha value is -0.970. The third-order valence-electron chi connectivity index (χ3n) is 3.21. The van der Waals surface area contributed by atoms with Crippen LogP contribution >= 0.6 is 27.3 Å². The summed E-state index contributed by atoms with van der Waals surface area (Å²) < 4.78 is 79.7. The highest BCUT2D eigenvalue weighted by molar-refractivity contribution is 9.11. The van der Waals surface area contributed by atoms with Gasteiger partial charge in [0.2, 0.25) is 0 Å². The average Bonchev–Trinajstić information content (AvgIpc) is 2.92. The number of rotatable bonds is 5. The minimum atomic E-state index is -4.85. The van der Waals surface area contributed by atoms with Crippen molar-refractivity contribution < 1.29 is 26.0 Å². The average molecular weight is 446 g/mol. The zero-order valence-electron chi connectivity index (χ0n) is 12.2. The fourth-order valence-electron chi connectivity index (χ4n) is 2.21. The van der Waals surface area contributed by atoms with Crippen molar-refractivity contribution in [1.29, 1.82) is 0 Å². The van der Waals surface area contributed by atoms with Gasteiger partial charge in [-0.1, -0.05) is 19.1 Å². The molecule has 0 aliphatic carbocycles. The molecule has 0 spiro atoms. The Morgan fingerprint density at radius 3 is 2.17 bits per heavy atom. The van der Waals surface area contributed by atoms with Crippen LogP contribution in [0.3, 0.4) is 0 Å². The summed E-state index contributed by atoms with van der Waals surface area (Å²) in [5.41, 5.74) is -0.343. The topological polar surface area (TPSA) is 37.4 Å². The number of hydrogen-bond donors (Lipinski definition) is 0. The van der Waals surface area contributed by atoms with E-state index in [1.165, 1.54) is 19.1 Å². The number of benzene rings is 1. The van der Waals surface area contributed by atoms with Gasteiger partial charge in [0.1, 0.15) is 16.1 Å². The van der Waals surface area contributed by atoms with Gasteiger partial charge in [-0.15, -0.1) is 11.3 Å². The number of halogens is 5. The van der Waals surface area contributed by atoms with E-state index in [-0.39, 0.29) is 16.3 Å². The Bertz CT molecular complexity index is 803. The number of thiophene rings is 1. The van der Waals surface area contributed by atoms with Gasteiger partial charge < -0.3 is 0 Å². The molecule has 0 N–H and O–H groups in total. The molecular weight excluding hydrogens is 434 g/mol. The summed E-state index contributed by atoms with van der Waals surface area (Å²) >= 11 is 3.92. The molecule has 1 heterocycles. The van der Waals surface area contributed by atoms with Crippen molar-refractivity contribution in [2.24, 2.45) is 0 Å². The maximum Gasteiger partial charge on any atom is 0.409 e. The van der Waals surface area contributed by atoms with Crippen molar-refractivity contribution in [3.05, 3.63) is 51.6 Å². The molecule has 1 unspecified atom stereocenters. The molecule has 1 aromatic heterocycles. The minimum absolute atomic E-state index is 0.201. The second-order valence-electron chi connectivity index (χ2n) is 4.76. The Labute approximate surface area is 149 Å². The summed E-state index contributed by atoms with van der Waals surface area (Å²) in [4.78, 5) is 0. The van der Waals surface area contributed by atoms with Gasteiger partial charge >= 0.3 is 6.18 Å². The van der Waals surface area contributed by atoms with Gasteiger partial charge in [-0.05, 0) is 45.8 Å². The second kappa shape index (κ2) is 7.11. The molecule has 24 heavy (non-hydrogen) atoms. The molecule has 132 valence electrons. The highest BCUT2D eigenvalue weighted by Gasteiger charge is 2.49. The monoisotopic (exact) mass is 445 g/mol. The number of sulfonamides is 1. The first-order chi connectivity index (χ1) is 11.1. The number of nitrogens with zero attached hydrogens (tertiary/aromatic N) is 1. The molecule has 3 nitrogen and oxygen atoms in total. The summed E-state index contributed by atoms with van der Waals surface area (Å²) in [5, 5.41) is 0. The van der Waals surface area contributed by atoms with Gasteiger partial charge in [-0.3, -0.25) is 0 Å². The molecule has 0 saturated heterocycles. The van der Waals surface area contributed by atoms with Gasteiger partial charge in [-0.2, -0.15) is 17.5 Å². The lowest BCUT2D eigenvalue weighted by Crippen LogP contribution is -2.42. The molecule has 0 aliphatic rings. The SMILES string of the molecule is CCN(C(c1ccc(F)cc1)C(F)(F)F)S(=O)(=O)c1ccc(Br)s1. The standard InChI is InChI=1S/C14H12BrF4NO2S2/c1-2-20(24(21,22)12-8-7-11(15)23-12)13(14(17,18)19)9-3-5-10(16)6-4-9/h3-8,13H,2H2,1H3. The molecule has 0 fully saturated rings. The molecule has 1 atom stereocenters. The third kappa shape index (κ3) is 3.98. The summed E-state index contributed by atoms with van der Waals surface area (Å²) in [6.07, 6.45) is -4.85. The van der Waals surface area contributed by atoms with E-state index in [1.807, 2.05) is 0 Å². The Kier molecular flexibility index (Phi) is 5.73. The van der Waals surface area contributed by atoms with E-state index >= 15 is 0 Å². The minimum Gasteiger partial charge on any atom is -0.207 e. The molecule has 2 aromatic rings. The van der Waals surface area contributed by atoms with E-state index in [1.54, 1.807) is 0 Å². The normalized spacial score (nSPS) is 14.1. The third-order valence-corrected chi connectivity index (χ3v) is 7.24. The summed E-state index contributed by atoms with van der Waals surface area (Å²) in [7, 11) is -4.36. The van der Waals surface area contributed by atoms with Crippen LogP contribution < -0.4 is 0 Å². The summed E-state index contributed by atoms with van der Waals surface area (Å²) in [6.45, 7) is 0.932. The van der Waals surface area contributed by atoms with Crippen molar-refractivity contribution in [2.45, 2.75) is 23.4 Å². The van der Waals surface area contributed by atoms with Crippen LogP contribution in [0.2, 0.25) is 0 Å². The quantitative estimate of drug-likeness (QED) is 0.609. The molecule has 2 rings (SSSR count). The van der Waals surface area contributed by atoms with Crippen LogP contribution in [0, 0.1) is 5.82 Å². The zero-order valence-corrected chi connectivity index (χ0v) is 15.4. The smallest absolute Gasteiger partial charge is 0.207 e. The van der Waals surface area contributed by atoms with Crippen molar-refractivity contribution in [2.75, 3.05) is 6.54 Å². The van der Waals surface area contributed by atoms with E-state index in [2.05, 4.69) is 15.9 Å². The molecule has 0 radical (unpaired) electrons.